The molecule has 0 saturated heterocycles. The minimum atomic E-state index is -1.76. The van der Waals surface area contributed by atoms with E-state index in [1.807, 2.05) is 13.8 Å². The van der Waals surface area contributed by atoms with Crippen LogP contribution in [0.2, 0.25) is 0 Å². The minimum absolute atomic E-state index is 0.000613. The molecular weight excluding hydrogens is 250 g/mol. The van der Waals surface area contributed by atoms with Crippen molar-refractivity contribution in [1.29, 1.82) is 0 Å². The van der Waals surface area contributed by atoms with E-state index in [1.54, 1.807) is 13.8 Å². The van der Waals surface area contributed by atoms with E-state index in [2.05, 4.69) is 5.32 Å². The summed E-state index contributed by atoms with van der Waals surface area (Å²) in [6.45, 7) is 8.45. The van der Waals surface area contributed by atoms with Crippen molar-refractivity contribution in [2.75, 3.05) is 13.2 Å². The largest absolute Gasteiger partial charge is 0.464 e. The van der Waals surface area contributed by atoms with E-state index in [-0.39, 0.29) is 25.6 Å². The molecule has 0 atom stereocenters. The van der Waals surface area contributed by atoms with Crippen molar-refractivity contribution in [3.05, 3.63) is 0 Å². The fourth-order valence-electron chi connectivity index (χ4n) is 1.82. The van der Waals surface area contributed by atoms with Crippen LogP contribution < -0.4 is 5.32 Å². The van der Waals surface area contributed by atoms with Crippen LogP contribution in [0.1, 0.15) is 41.0 Å². The number of carbonyl (C=O) groups is 3. The van der Waals surface area contributed by atoms with Crippen LogP contribution in [-0.4, -0.2) is 36.6 Å². The summed E-state index contributed by atoms with van der Waals surface area (Å²) >= 11 is 0. The molecule has 0 radical (unpaired) electrons. The van der Waals surface area contributed by atoms with E-state index in [9.17, 15) is 14.4 Å². The standard InChI is InChI=1S/C13H23NO5/c1-6-18-11(16)13(8-9(3)4,14-10(5)15)12(17)19-7-2/h9H,6-8H2,1-5H3,(H,14,15). The highest BCUT2D eigenvalue weighted by Gasteiger charge is 2.50. The lowest BCUT2D eigenvalue weighted by molar-refractivity contribution is -0.169. The van der Waals surface area contributed by atoms with Crippen LogP contribution in [0.15, 0.2) is 0 Å². The smallest absolute Gasteiger partial charge is 0.343 e. The van der Waals surface area contributed by atoms with Crippen molar-refractivity contribution in [2.24, 2.45) is 5.92 Å². The Morgan fingerprint density at radius 1 is 1.05 bits per heavy atom. The topological polar surface area (TPSA) is 81.7 Å². The quantitative estimate of drug-likeness (QED) is 0.553. The van der Waals surface area contributed by atoms with Gasteiger partial charge in [0.15, 0.2) is 0 Å². The fourth-order valence-corrected chi connectivity index (χ4v) is 1.82. The normalized spacial score (nSPS) is 11.1. The summed E-state index contributed by atoms with van der Waals surface area (Å²) in [6, 6.07) is 0. The van der Waals surface area contributed by atoms with Crippen molar-refractivity contribution < 1.29 is 23.9 Å². The zero-order valence-electron chi connectivity index (χ0n) is 12.2. The Bertz CT molecular complexity index is 320. The predicted molar refractivity (Wildman–Crippen MR) is 69.3 cm³/mol. The van der Waals surface area contributed by atoms with Gasteiger partial charge in [0.2, 0.25) is 11.4 Å². The molecule has 0 aliphatic carbocycles. The monoisotopic (exact) mass is 273 g/mol. The highest BCUT2D eigenvalue weighted by Crippen LogP contribution is 2.21. The lowest BCUT2D eigenvalue weighted by Crippen LogP contribution is -2.61. The van der Waals surface area contributed by atoms with Gasteiger partial charge in [0.05, 0.1) is 13.2 Å². The molecule has 1 amide bonds. The number of ether oxygens (including phenoxy) is 2. The Labute approximate surface area is 113 Å². The van der Waals surface area contributed by atoms with Gasteiger partial charge < -0.3 is 14.8 Å². The molecule has 0 aliphatic rings. The average Bonchev–Trinajstić information content (AvgIpc) is 2.27. The summed E-state index contributed by atoms with van der Waals surface area (Å²) in [5.41, 5.74) is -1.76. The van der Waals surface area contributed by atoms with E-state index in [0.29, 0.717) is 0 Å². The SMILES string of the molecule is CCOC(=O)C(CC(C)C)(NC(C)=O)C(=O)OCC. The van der Waals surface area contributed by atoms with Gasteiger partial charge in [-0.1, -0.05) is 13.8 Å². The summed E-state index contributed by atoms with van der Waals surface area (Å²) < 4.78 is 9.84. The molecular formula is C13H23NO5. The molecule has 0 aromatic rings. The van der Waals surface area contributed by atoms with Gasteiger partial charge in [-0.2, -0.15) is 0 Å². The predicted octanol–water partition coefficient (Wildman–Crippen LogP) is 1.03. The van der Waals surface area contributed by atoms with Crippen molar-refractivity contribution >= 4 is 17.8 Å². The number of hydrogen-bond acceptors (Lipinski definition) is 5. The Kier molecular flexibility index (Phi) is 7.11. The van der Waals surface area contributed by atoms with Crippen LogP contribution in [0.4, 0.5) is 0 Å². The van der Waals surface area contributed by atoms with Crippen LogP contribution in [0, 0.1) is 5.92 Å². The first-order valence-electron chi connectivity index (χ1n) is 6.43. The second-order valence-electron chi connectivity index (χ2n) is 4.63. The van der Waals surface area contributed by atoms with E-state index in [4.69, 9.17) is 9.47 Å². The zero-order valence-corrected chi connectivity index (χ0v) is 12.2. The molecule has 0 fully saturated rings. The molecule has 0 rings (SSSR count). The molecule has 0 aromatic heterocycles. The van der Waals surface area contributed by atoms with Crippen LogP contribution in [0.25, 0.3) is 0 Å². The first-order valence-corrected chi connectivity index (χ1v) is 6.43. The summed E-state index contributed by atoms with van der Waals surface area (Å²) in [5, 5.41) is 2.41. The number of carbonyl (C=O) groups excluding carboxylic acids is 3. The maximum atomic E-state index is 12.1. The molecule has 0 aromatic carbocycles. The van der Waals surface area contributed by atoms with E-state index < -0.39 is 23.4 Å². The summed E-state index contributed by atoms with van der Waals surface area (Å²) in [7, 11) is 0. The van der Waals surface area contributed by atoms with Gasteiger partial charge in [-0.15, -0.1) is 0 Å². The second-order valence-corrected chi connectivity index (χ2v) is 4.63. The first-order chi connectivity index (χ1) is 8.80. The number of rotatable bonds is 7. The van der Waals surface area contributed by atoms with E-state index in [0.717, 1.165) is 0 Å². The van der Waals surface area contributed by atoms with Gasteiger partial charge in [-0.05, 0) is 26.2 Å². The van der Waals surface area contributed by atoms with Gasteiger partial charge in [0.1, 0.15) is 0 Å². The van der Waals surface area contributed by atoms with Crippen molar-refractivity contribution in [2.45, 2.75) is 46.6 Å². The van der Waals surface area contributed by atoms with Crippen LogP contribution in [0.5, 0.6) is 0 Å². The van der Waals surface area contributed by atoms with Crippen molar-refractivity contribution in [3.8, 4) is 0 Å². The van der Waals surface area contributed by atoms with E-state index >= 15 is 0 Å². The number of esters is 2. The lowest BCUT2D eigenvalue weighted by Gasteiger charge is -2.30. The van der Waals surface area contributed by atoms with Gasteiger partial charge in [0, 0.05) is 6.92 Å². The maximum Gasteiger partial charge on any atom is 0.343 e. The number of amides is 1. The molecule has 0 spiro atoms. The molecule has 1 N–H and O–H groups in total. The molecule has 0 saturated carbocycles. The molecule has 6 heteroatoms. The molecule has 110 valence electrons. The number of hydrogen-bond donors (Lipinski definition) is 1. The highest BCUT2D eigenvalue weighted by molar-refractivity contribution is 6.07. The number of nitrogens with one attached hydrogen (secondary N) is 1. The van der Waals surface area contributed by atoms with Crippen LogP contribution >= 0.6 is 0 Å². The summed E-state index contributed by atoms with van der Waals surface area (Å²) in [6.07, 6.45) is 0.129. The highest BCUT2D eigenvalue weighted by atomic mass is 16.6. The molecule has 0 bridgehead atoms. The van der Waals surface area contributed by atoms with Gasteiger partial charge in [-0.25, -0.2) is 9.59 Å². The van der Waals surface area contributed by atoms with E-state index in [1.165, 1.54) is 6.92 Å². The third kappa shape index (κ3) is 4.89. The van der Waals surface area contributed by atoms with Crippen LogP contribution in [0.3, 0.4) is 0 Å². The van der Waals surface area contributed by atoms with Gasteiger partial charge >= 0.3 is 11.9 Å². The third-order valence-electron chi connectivity index (χ3n) is 2.35. The lowest BCUT2D eigenvalue weighted by atomic mass is 9.88. The Hall–Kier alpha value is -1.59. The van der Waals surface area contributed by atoms with Crippen molar-refractivity contribution in [1.82, 2.24) is 5.32 Å². The fraction of sp³-hybridized carbons (Fsp3) is 0.769. The second kappa shape index (κ2) is 7.76. The molecule has 0 unspecified atom stereocenters. The summed E-state index contributed by atoms with van der Waals surface area (Å²) in [4.78, 5) is 35.6. The summed E-state index contributed by atoms with van der Waals surface area (Å²) in [5.74, 6) is -2.04. The first kappa shape index (κ1) is 17.4. The molecule has 19 heavy (non-hydrogen) atoms. The maximum absolute atomic E-state index is 12.1. The molecule has 0 heterocycles. The van der Waals surface area contributed by atoms with Gasteiger partial charge in [-0.3, -0.25) is 4.79 Å². The Morgan fingerprint density at radius 3 is 1.74 bits per heavy atom. The van der Waals surface area contributed by atoms with Crippen molar-refractivity contribution in [3.63, 3.8) is 0 Å². The third-order valence-corrected chi connectivity index (χ3v) is 2.35. The zero-order chi connectivity index (χ0) is 15.1. The Morgan fingerprint density at radius 2 is 1.47 bits per heavy atom. The molecule has 6 nitrogen and oxygen atoms in total. The minimum Gasteiger partial charge on any atom is -0.464 e. The van der Waals surface area contributed by atoms with Gasteiger partial charge in [0.25, 0.3) is 0 Å². The molecule has 0 aliphatic heterocycles. The van der Waals surface area contributed by atoms with Crippen LogP contribution in [-0.2, 0) is 23.9 Å². The Balaban J connectivity index is 5.48. The average molecular weight is 273 g/mol.